The Balaban J connectivity index is 1.43. The third kappa shape index (κ3) is 3.01. The van der Waals surface area contributed by atoms with E-state index in [1.54, 1.807) is 11.8 Å². The van der Waals surface area contributed by atoms with Gasteiger partial charge in [0.2, 0.25) is 0 Å². The van der Waals surface area contributed by atoms with E-state index in [0.717, 1.165) is 36.0 Å². The van der Waals surface area contributed by atoms with E-state index in [1.165, 1.54) is 5.56 Å². The van der Waals surface area contributed by atoms with Crippen LogP contribution in [0.5, 0.6) is 5.75 Å². The number of aliphatic hydroxyl groups is 1. The maximum Gasteiger partial charge on any atom is 0.183 e. The Bertz CT molecular complexity index is 733. The Morgan fingerprint density at radius 2 is 1.83 bits per heavy atom. The lowest BCUT2D eigenvalue weighted by Crippen LogP contribution is -2.53. The van der Waals surface area contributed by atoms with Gasteiger partial charge in [0.05, 0.1) is 5.75 Å². The molecular weight excluding hydrogens is 320 g/mol. The van der Waals surface area contributed by atoms with E-state index in [-0.39, 0.29) is 6.61 Å². The molecule has 2 aliphatic heterocycles. The first-order chi connectivity index (χ1) is 11.7. The first-order valence-electron chi connectivity index (χ1n) is 8.20. The summed E-state index contributed by atoms with van der Waals surface area (Å²) in [5.74, 6) is 1.38. The Morgan fingerprint density at radius 3 is 2.62 bits per heavy atom. The molecule has 1 saturated heterocycles. The maximum atomic E-state index is 10.9. The van der Waals surface area contributed by atoms with Gasteiger partial charge < -0.3 is 14.7 Å². The quantitative estimate of drug-likeness (QED) is 0.928. The van der Waals surface area contributed by atoms with Crippen LogP contribution < -0.4 is 4.74 Å². The van der Waals surface area contributed by atoms with E-state index in [0.29, 0.717) is 5.75 Å². The number of rotatable bonds is 4. The molecule has 1 atom stereocenters. The molecule has 5 heteroatoms. The van der Waals surface area contributed by atoms with Gasteiger partial charge in [-0.25, -0.2) is 0 Å². The molecule has 2 aliphatic rings. The van der Waals surface area contributed by atoms with Crippen LogP contribution in [0.4, 0.5) is 0 Å². The van der Waals surface area contributed by atoms with Crippen LogP contribution in [-0.4, -0.2) is 46.3 Å². The third-order valence-corrected chi connectivity index (χ3v) is 5.60. The first-order valence-corrected chi connectivity index (χ1v) is 9.19. The molecule has 0 bridgehead atoms. The predicted octanol–water partition coefficient (Wildman–Crippen LogP) is 3.23. The maximum absolute atomic E-state index is 10.9. The number of hydrogen-bond donors (Lipinski definition) is 1. The fourth-order valence-electron chi connectivity index (χ4n) is 3.04. The number of thioether (sulfide) groups is 1. The van der Waals surface area contributed by atoms with E-state index in [4.69, 9.17) is 4.74 Å². The summed E-state index contributed by atoms with van der Waals surface area (Å²) >= 11 is 1.61. The lowest BCUT2D eigenvalue weighted by atomic mass is 10.1. The lowest BCUT2D eigenvalue weighted by molar-refractivity contribution is -0.0751. The molecule has 0 spiro atoms. The molecule has 1 N–H and O–H groups in total. The van der Waals surface area contributed by atoms with E-state index in [1.807, 2.05) is 47.4 Å². The Hall–Kier alpha value is -1.98. The van der Waals surface area contributed by atoms with E-state index in [9.17, 15) is 5.11 Å². The molecular formula is C19H20N2O2S. The van der Waals surface area contributed by atoms with Crippen molar-refractivity contribution in [3.05, 3.63) is 54.6 Å². The zero-order valence-corrected chi connectivity index (χ0v) is 14.2. The van der Waals surface area contributed by atoms with Gasteiger partial charge in [0, 0.05) is 13.1 Å². The predicted molar refractivity (Wildman–Crippen MR) is 98.4 cm³/mol. The highest BCUT2D eigenvalue weighted by Gasteiger charge is 2.44. The summed E-state index contributed by atoms with van der Waals surface area (Å²) in [6, 6.07) is 18.3. The van der Waals surface area contributed by atoms with Crippen LogP contribution in [0.3, 0.4) is 0 Å². The van der Waals surface area contributed by atoms with Gasteiger partial charge in [-0.2, -0.15) is 0 Å². The van der Waals surface area contributed by atoms with Crippen LogP contribution in [0, 0.1) is 0 Å². The summed E-state index contributed by atoms with van der Waals surface area (Å²) in [6.45, 7) is 1.96. The molecule has 4 rings (SSSR count). The molecule has 0 saturated carbocycles. The van der Waals surface area contributed by atoms with Gasteiger partial charge in [-0.3, -0.25) is 4.99 Å². The van der Waals surface area contributed by atoms with Crippen LogP contribution in [0.25, 0.3) is 11.1 Å². The van der Waals surface area contributed by atoms with Crippen LogP contribution >= 0.6 is 11.8 Å². The molecule has 2 aromatic carbocycles. The van der Waals surface area contributed by atoms with Gasteiger partial charge in [0.1, 0.15) is 12.4 Å². The van der Waals surface area contributed by atoms with Gasteiger partial charge in [-0.15, -0.1) is 0 Å². The van der Waals surface area contributed by atoms with Crippen molar-refractivity contribution in [2.75, 3.05) is 25.4 Å². The second-order valence-electron chi connectivity index (χ2n) is 6.12. The molecule has 0 aromatic heterocycles. The molecule has 2 heterocycles. The van der Waals surface area contributed by atoms with Crippen molar-refractivity contribution < 1.29 is 9.84 Å². The first kappa shape index (κ1) is 15.5. The third-order valence-electron chi connectivity index (χ3n) is 4.38. The summed E-state index contributed by atoms with van der Waals surface area (Å²) in [6.07, 6.45) is 0.984. The average molecular weight is 340 g/mol. The van der Waals surface area contributed by atoms with Crippen molar-refractivity contribution in [2.24, 2.45) is 4.99 Å². The van der Waals surface area contributed by atoms with Crippen molar-refractivity contribution >= 4 is 16.9 Å². The average Bonchev–Trinajstić information content (AvgIpc) is 2.99. The summed E-state index contributed by atoms with van der Waals surface area (Å²) in [5, 5.41) is 11.8. The number of fused-ring (bicyclic) bond motifs is 1. The van der Waals surface area contributed by atoms with Gasteiger partial charge in [0.15, 0.2) is 10.9 Å². The highest BCUT2D eigenvalue weighted by Crippen LogP contribution is 2.34. The fourth-order valence-corrected chi connectivity index (χ4v) is 4.24. The Kier molecular flexibility index (Phi) is 4.21. The highest BCUT2D eigenvalue weighted by atomic mass is 32.2. The van der Waals surface area contributed by atoms with Crippen LogP contribution in [0.1, 0.15) is 6.42 Å². The molecule has 1 unspecified atom stereocenters. The number of benzene rings is 2. The van der Waals surface area contributed by atoms with E-state index >= 15 is 0 Å². The molecule has 4 nitrogen and oxygen atoms in total. The van der Waals surface area contributed by atoms with Crippen molar-refractivity contribution in [3.63, 3.8) is 0 Å². The van der Waals surface area contributed by atoms with Crippen LogP contribution in [-0.2, 0) is 0 Å². The lowest BCUT2D eigenvalue weighted by Gasteiger charge is -2.35. The molecule has 0 aliphatic carbocycles. The van der Waals surface area contributed by atoms with Crippen LogP contribution in [0.2, 0.25) is 0 Å². The second-order valence-corrected chi connectivity index (χ2v) is 7.06. The highest BCUT2D eigenvalue weighted by molar-refractivity contribution is 8.14. The summed E-state index contributed by atoms with van der Waals surface area (Å²) in [7, 11) is 0. The summed E-state index contributed by atoms with van der Waals surface area (Å²) in [4.78, 5) is 6.46. The molecule has 0 amide bonds. The minimum atomic E-state index is -0.956. The molecule has 1 fully saturated rings. The SMILES string of the molecule is OC1(COc2ccc(-c3ccccc3)cc2)CSC2=NCCCN21. The van der Waals surface area contributed by atoms with Crippen molar-refractivity contribution in [1.82, 2.24) is 4.90 Å². The van der Waals surface area contributed by atoms with Crippen molar-refractivity contribution in [3.8, 4) is 16.9 Å². The zero-order valence-electron chi connectivity index (χ0n) is 13.4. The van der Waals surface area contributed by atoms with Gasteiger partial charge in [-0.1, -0.05) is 54.2 Å². The van der Waals surface area contributed by atoms with Crippen molar-refractivity contribution in [1.29, 1.82) is 0 Å². The topological polar surface area (TPSA) is 45.1 Å². The molecule has 24 heavy (non-hydrogen) atoms. The Labute approximate surface area is 146 Å². The van der Waals surface area contributed by atoms with E-state index < -0.39 is 5.72 Å². The molecule has 2 aromatic rings. The number of hydrogen-bond acceptors (Lipinski definition) is 5. The largest absolute Gasteiger partial charge is 0.489 e. The standard InChI is InChI=1S/C19H20N2O2S/c22-19(14-24-18-20-11-4-12-21(18)19)13-23-17-9-7-16(8-10-17)15-5-2-1-3-6-15/h1-3,5-10,22H,4,11-14H2. The van der Waals surface area contributed by atoms with Gasteiger partial charge in [-0.05, 0) is 29.7 Å². The zero-order chi connectivity index (χ0) is 16.4. The smallest absolute Gasteiger partial charge is 0.183 e. The van der Waals surface area contributed by atoms with Crippen molar-refractivity contribution in [2.45, 2.75) is 12.1 Å². The number of ether oxygens (including phenoxy) is 1. The Morgan fingerprint density at radius 1 is 1.08 bits per heavy atom. The normalized spacial score (nSPS) is 22.9. The van der Waals surface area contributed by atoms with Gasteiger partial charge in [0.25, 0.3) is 0 Å². The second kappa shape index (κ2) is 6.49. The minimum Gasteiger partial charge on any atom is -0.489 e. The monoisotopic (exact) mass is 340 g/mol. The fraction of sp³-hybridized carbons (Fsp3) is 0.316. The number of nitrogens with zero attached hydrogens (tertiary/aromatic N) is 2. The summed E-state index contributed by atoms with van der Waals surface area (Å²) in [5.41, 5.74) is 1.38. The van der Waals surface area contributed by atoms with Gasteiger partial charge >= 0.3 is 0 Å². The molecule has 124 valence electrons. The minimum absolute atomic E-state index is 0.254. The number of amidine groups is 1. The number of aliphatic imine (C=N–C) groups is 1. The van der Waals surface area contributed by atoms with E-state index in [2.05, 4.69) is 17.1 Å². The molecule has 0 radical (unpaired) electrons. The summed E-state index contributed by atoms with van der Waals surface area (Å²) < 4.78 is 5.87. The van der Waals surface area contributed by atoms with Crippen LogP contribution in [0.15, 0.2) is 59.6 Å².